The van der Waals surface area contributed by atoms with Gasteiger partial charge >= 0.3 is 0 Å². The van der Waals surface area contributed by atoms with Gasteiger partial charge in [-0.1, -0.05) is 41.9 Å². The number of hydrogen-bond acceptors (Lipinski definition) is 3. The number of rotatable bonds is 5. The lowest BCUT2D eigenvalue weighted by Crippen LogP contribution is -2.48. The monoisotopic (exact) mass is 465 g/mol. The van der Waals surface area contributed by atoms with Gasteiger partial charge in [0.2, 0.25) is 0 Å². The summed E-state index contributed by atoms with van der Waals surface area (Å²) in [6, 6.07) is 19.0. The molecule has 1 aliphatic heterocycles. The first kappa shape index (κ1) is 23.0. The second-order valence-electron chi connectivity index (χ2n) is 8.12. The highest BCUT2D eigenvalue weighted by Crippen LogP contribution is 2.23. The smallest absolute Gasteiger partial charge is 0.255 e. The third-order valence-electron chi connectivity index (χ3n) is 5.87. The molecule has 1 fully saturated rings. The fraction of sp³-hybridized carbons (Fsp3) is 0.231. The number of nitrogens with one attached hydrogen (secondary N) is 1. The van der Waals surface area contributed by atoms with Gasteiger partial charge in [0.15, 0.2) is 0 Å². The number of anilines is 1. The molecule has 1 aliphatic rings. The van der Waals surface area contributed by atoms with Gasteiger partial charge < -0.3 is 10.2 Å². The minimum atomic E-state index is -0.314. The first-order valence-electron chi connectivity index (χ1n) is 10.8. The fourth-order valence-corrected chi connectivity index (χ4v) is 4.10. The van der Waals surface area contributed by atoms with Gasteiger partial charge in [-0.25, -0.2) is 4.39 Å². The number of aryl methyl sites for hydroxylation is 1. The second-order valence-corrected chi connectivity index (χ2v) is 8.53. The van der Waals surface area contributed by atoms with Gasteiger partial charge in [-0.3, -0.25) is 14.5 Å². The van der Waals surface area contributed by atoms with Crippen LogP contribution >= 0.6 is 11.6 Å². The number of piperazine rings is 1. The first-order valence-corrected chi connectivity index (χ1v) is 11.2. The summed E-state index contributed by atoms with van der Waals surface area (Å²) in [6.07, 6.45) is 0. The molecular weight excluding hydrogens is 441 g/mol. The van der Waals surface area contributed by atoms with Gasteiger partial charge in [0.25, 0.3) is 11.8 Å². The Labute approximate surface area is 197 Å². The van der Waals surface area contributed by atoms with E-state index >= 15 is 0 Å². The number of carbonyl (C=O) groups excluding carboxylic acids is 2. The molecule has 0 spiro atoms. The summed E-state index contributed by atoms with van der Waals surface area (Å²) in [4.78, 5) is 29.5. The minimum Gasteiger partial charge on any atom is -0.336 e. The quantitative estimate of drug-likeness (QED) is 0.577. The molecule has 0 saturated carbocycles. The van der Waals surface area contributed by atoms with Crippen LogP contribution < -0.4 is 5.32 Å². The van der Waals surface area contributed by atoms with Gasteiger partial charge in [-0.15, -0.1) is 0 Å². The van der Waals surface area contributed by atoms with Crippen molar-refractivity contribution in [2.24, 2.45) is 0 Å². The minimum absolute atomic E-state index is 0.0891. The van der Waals surface area contributed by atoms with Gasteiger partial charge in [-0.2, -0.15) is 0 Å². The maximum atomic E-state index is 14.1. The van der Waals surface area contributed by atoms with Crippen LogP contribution in [0.4, 0.5) is 10.1 Å². The topological polar surface area (TPSA) is 52.7 Å². The first-order chi connectivity index (χ1) is 15.9. The summed E-state index contributed by atoms with van der Waals surface area (Å²) in [6.45, 7) is 4.62. The van der Waals surface area contributed by atoms with E-state index in [4.69, 9.17) is 11.6 Å². The fourth-order valence-electron chi connectivity index (χ4n) is 3.87. The largest absolute Gasteiger partial charge is 0.336 e. The van der Waals surface area contributed by atoms with Gasteiger partial charge in [0, 0.05) is 60.1 Å². The zero-order valence-corrected chi connectivity index (χ0v) is 19.1. The van der Waals surface area contributed by atoms with Crippen molar-refractivity contribution in [2.75, 3.05) is 31.5 Å². The predicted octanol–water partition coefficient (Wildman–Crippen LogP) is 5.00. The van der Waals surface area contributed by atoms with E-state index in [1.165, 1.54) is 6.07 Å². The lowest BCUT2D eigenvalue weighted by atomic mass is 10.1. The summed E-state index contributed by atoms with van der Waals surface area (Å²) in [7, 11) is 0. The van der Waals surface area contributed by atoms with Crippen LogP contribution in [0.15, 0.2) is 66.7 Å². The summed E-state index contributed by atoms with van der Waals surface area (Å²) in [5.74, 6) is -0.622. The molecule has 1 N–H and O–H groups in total. The maximum Gasteiger partial charge on any atom is 0.255 e. The number of hydrogen-bond donors (Lipinski definition) is 1. The highest BCUT2D eigenvalue weighted by molar-refractivity contribution is 6.31. The average molecular weight is 466 g/mol. The van der Waals surface area contributed by atoms with Crippen LogP contribution in [-0.4, -0.2) is 47.8 Å². The predicted molar refractivity (Wildman–Crippen MR) is 128 cm³/mol. The van der Waals surface area contributed by atoms with E-state index in [1.807, 2.05) is 31.2 Å². The van der Waals surface area contributed by atoms with Crippen molar-refractivity contribution >= 4 is 29.1 Å². The highest BCUT2D eigenvalue weighted by atomic mass is 35.5. The molecule has 0 atom stereocenters. The van der Waals surface area contributed by atoms with Crippen molar-refractivity contribution < 1.29 is 14.0 Å². The molecule has 5 nitrogen and oxygen atoms in total. The van der Waals surface area contributed by atoms with Crippen molar-refractivity contribution in [1.82, 2.24) is 9.80 Å². The summed E-state index contributed by atoms with van der Waals surface area (Å²) in [5, 5.41) is 3.32. The van der Waals surface area contributed by atoms with E-state index in [9.17, 15) is 14.0 Å². The van der Waals surface area contributed by atoms with Crippen LogP contribution in [0.25, 0.3) is 0 Å². The average Bonchev–Trinajstić information content (AvgIpc) is 2.83. The molecule has 0 aromatic heterocycles. The molecule has 0 bridgehead atoms. The third-order valence-corrected chi connectivity index (χ3v) is 6.23. The Kier molecular flexibility index (Phi) is 7.06. The molecule has 4 rings (SSSR count). The van der Waals surface area contributed by atoms with Crippen LogP contribution in [0.2, 0.25) is 5.02 Å². The molecule has 1 saturated heterocycles. The van der Waals surface area contributed by atoms with Crippen LogP contribution in [0.1, 0.15) is 31.8 Å². The Hall–Kier alpha value is -3.22. The third kappa shape index (κ3) is 5.41. The molecule has 1 heterocycles. The van der Waals surface area contributed by atoms with Crippen molar-refractivity contribution in [3.8, 4) is 0 Å². The van der Waals surface area contributed by atoms with Crippen LogP contribution in [0.3, 0.4) is 0 Å². The number of nitrogens with zero attached hydrogens (tertiary/aromatic N) is 2. The van der Waals surface area contributed by atoms with E-state index in [0.29, 0.717) is 60.1 Å². The van der Waals surface area contributed by atoms with Gasteiger partial charge in [0.1, 0.15) is 5.82 Å². The van der Waals surface area contributed by atoms with E-state index in [-0.39, 0.29) is 17.6 Å². The molecule has 2 amide bonds. The molecule has 3 aromatic carbocycles. The second kappa shape index (κ2) is 10.1. The zero-order valence-electron chi connectivity index (χ0n) is 18.4. The van der Waals surface area contributed by atoms with Gasteiger partial charge in [-0.05, 0) is 48.9 Å². The standard InChI is InChI=1S/C26H25ClFN3O2/c1-18-10-11-20(16-24(18)29-25(32)19-6-3-2-4-7-19)26(33)31-14-12-30(13-15-31)17-21-22(27)8-5-9-23(21)28/h2-11,16H,12-15,17H2,1H3,(H,29,32). The van der Waals surface area contributed by atoms with Crippen molar-refractivity contribution in [1.29, 1.82) is 0 Å². The van der Waals surface area contributed by atoms with Crippen LogP contribution in [0.5, 0.6) is 0 Å². The summed E-state index contributed by atoms with van der Waals surface area (Å²) in [5.41, 5.74) is 3.05. The molecule has 3 aromatic rings. The SMILES string of the molecule is Cc1ccc(C(=O)N2CCN(Cc3c(F)cccc3Cl)CC2)cc1NC(=O)c1ccccc1. The van der Waals surface area contributed by atoms with E-state index < -0.39 is 0 Å². The zero-order chi connectivity index (χ0) is 23.4. The van der Waals surface area contributed by atoms with Crippen molar-refractivity contribution in [3.05, 3.63) is 99.8 Å². The van der Waals surface area contributed by atoms with E-state index in [0.717, 1.165) is 5.56 Å². The molecule has 33 heavy (non-hydrogen) atoms. The Balaban J connectivity index is 1.40. The number of halogens is 2. The van der Waals surface area contributed by atoms with Crippen molar-refractivity contribution in [2.45, 2.75) is 13.5 Å². The van der Waals surface area contributed by atoms with E-state index in [2.05, 4.69) is 10.2 Å². The molecule has 170 valence electrons. The molecule has 7 heteroatoms. The highest BCUT2D eigenvalue weighted by Gasteiger charge is 2.24. The number of amides is 2. The van der Waals surface area contributed by atoms with E-state index in [1.54, 1.807) is 41.3 Å². The lowest BCUT2D eigenvalue weighted by molar-refractivity contribution is 0.0627. The maximum absolute atomic E-state index is 14.1. The molecule has 0 unspecified atom stereocenters. The Morgan fingerprint density at radius 2 is 1.67 bits per heavy atom. The Morgan fingerprint density at radius 1 is 0.939 bits per heavy atom. The summed E-state index contributed by atoms with van der Waals surface area (Å²) >= 11 is 6.15. The normalized spacial score (nSPS) is 14.2. The summed E-state index contributed by atoms with van der Waals surface area (Å²) < 4.78 is 14.1. The van der Waals surface area contributed by atoms with Crippen LogP contribution in [0, 0.1) is 12.7 Å². The Bertz CT molecular complexity index is 1140. The molecular formula is C26H25ClFN3O2. The lowest BCUT2D eigenvalue weighted by Gasteiger charge is -2.35. The van der Waals surface area contributed by atoms with Gasteiger partial charge in [0.05, 0.1) is 0 Å². The molecule has 0 aliphatic carbocycles. The number of carbonyl (C=O) groups is 2. The van der Waals surface area contributed by atoms with Crippen molar-refractivity contribution in [3.63, 3.8) is 0 Å². The molecule has 0 radical (unpaired) electrons. The Morgan fingerprint density at radius 3 is 2.36 bits per heavy atom. The van der Waals surface area contributed by atoms with Crippen LogP contribution in [-0.2, 0) is 6.54 Å². The number of benzene rings is 3.